The fourth-order valence-electron chi connectivity index (χ4n) is 3.02. The summed E-state index contributed by atoms with van der Waals surface area (Å²) in [6.07, 6.45) is -2.08. The van der Waals surface area contributed by atoms with E-state index in [-0.39, 0.29) is 11.3 Å². The van der Waals surface area contributed by atoms with Crippen molar-refractivity contribution in [2.24, 2.45) is 5.73 Å². The Balaban J connectivity index is 1.51. The third-order valence-electron chi connectivity index (χ3n) is 4.59. The number of fused-ring (bicyclic) bond motifs is 1. The van der Waals surface area contributed by atoms with Crippen LogP contribution >= 0.6 is 0 Å². The Labute approximate surface area is 182 Å². The Morgan fingerprint density at radius 2 is 1.76 bits per heavy atom. The van der Waals surface area contributed by atoms with Crippen molar-refractivity contribution in [3.05, 3.63) is 71.7 Å². The zero-order valence-corrected chi connectivity index (χ0v) is 16.4. The Morgan fingerprint density at radius 3 is 2.42 bits per heavy atom. The number of nitrogens with two attached hydrogens (primary N) is 1. The number of H-pyrrole nitrogens is 1. The van der Waals surface area contributed by atoms with Gasteiger partial charge in [-0.3, -0.25) is 9.89 Å². The number of nitrogens with zero attached hydrogens (tertiary/aromatic N) is 2. The van der Waals surface area contributed by atoms with E-state index in [9.17, 15) is 27.2 Å². The number of carbonyl (C=O) groups excluding carboxylic acids is 2. The Bertz CT molecular complexity index is 1370. The predicted molar refractivity (Wildman–Crippen MR) is 111 cm³/mol. The number of primary amides is 1. The first-order chi connectivity index (χ1) is 15.6. The number of benzene rings is 2. The lowest BCUT2D eigenvalue weighted by atomic mass is 10.1. The molecule has 1 radical (unpaired) electrons. The van der Waals surface area contributed by atoms with Crippen LogP contribution in [0.25, 0.3) is 22.3 Å². The highest BCUT2D eigenvalue weighted by molar-refractivity contribution is 6.05. The molecule has 4 aromatic rings. The molecular formula is C21H13F4N6O2. The number of carbonyl (C=O) groups is 2. The first-order valence-corrected chi connectivity index (χ1v) is 9.23. The molecule has 0 aliphatic heterocycles. The number of pyridine rings is 1. The fourth-order valence-corrected chi connectivity index (χ4v) is 3.02. The van der Waals surface area contributed by atoms with Crippen LogP contribution in [0.3, 0.4) is 0 Å². The van der Waals surface area contributed by atoms with Crippen molar-refractivity contribution >= 4 is 34.3 Å². The van der Waals surface area contributed by atoms with Crippen LogP contribution in [0.15, 0.2) is 48.5 Å². The second-order valence-corrected chi connectivity index (χ2v) is 6.83. The molecule has 2 aromatic heterocycles. The van der Waals surface area contributed by atoms with E-state index in [4.69, 9.17) is 5.73 Å². The van der Waals surface area contributed by atoms with Crippen molar-refractivity contribution in [3.63, 3.8) is 0 Å². The first-order valence-electron chi connectivity index (χ1n) is 9.23. The van der Waals surface area contributed by atoms with Crippen LogP contribution in [0, 0.1) is 12.0 Å². The van der Waals surface area contributed by atoms with Crippen LogP contribution in [-0.4, -0.2) is 27.1 Å². The van der Waals surface area contributed by atoms with Crippen LogP contribution in [-0.2, 0) is 6.18 Å². The van der Waals surface area contributed by atoms with Crippen LogP contribution in [0.4, 0.5) is 33.7 Å². The number of anilines is 2. The van der Waals surface area contributed by atoms with Crippen molar-refractivity contribution in [1.82, 2.24) is 15.2 Å². The summed E-state index contributed by atoms with van der Waals surface area (Å²) in [5.74, 6) is -1.70. The highest BCUT2D eigenvalue weighted by atomic mass is 19.4. The lowest BCUT2D eigenvalue weighted by Gasteiger charge is -2.12. The zero-order valence-electron chi connectivity index (χ0n) is 16.4. The Morgan fingerprint density at radius 1 is 1.03 bits per heavy atom. The molecule has 0 atom stereocenters. The molecular weight excluding hydrogens is 444 g/mol. The second kappa shape index (κ2) is 8.22. The molecule has 0 fully saturated rings. The summed E-state index contributed by atoms with van der Waals surface area (Å²) in [6.45, 7) is 0. The quantitative estimate of drug-likeness (QED) is 0.341. The number of aromatic amines is 1. The predicted octanol–water partition coefficient (Wildman–Crippen LogP) is 4.33. The third kappa shape index (κ3) is 4.59. The van der Waals surface area contributed by atoms with E-state index < -0.39 is 35.2 Å². The lowest BCUT2D eigenvalue weighted by Crippen LogP contribution is -2.20. The summed E-state index contributed by atoms with van der Waals surface area (Å²) in [5, 5.41) is 11.1. The van der Waals surface area contributed by atoms with Gasteiger partial charge in [0.2, 0.25) is 5.91 Å². The van der Waals surface area contributed by atoms with Crippen molar-refractivity contribution in [3.8, 4) is 11.3 Å². The van der Waals surface area contributed by atoms with Gasteiger partial charge in [-0.25, -0.2) is 14.2 Å². The highest BCUT2D eigenvalue weighted by Crippen LogP contribution is 2.32. The largest absolute Gasteiger partial charge is 0.416 e. The average Bonchev–Trinajstić information content (AvgIpc) is 3.23. The van der Waals surface area contributed by atoms with E-state index in [1.54, 1.807) is 12.1 Å². The number of urea groups is 1. The van der Waals surface area contributed by atoms with Crippen molar-refractivity contribution in [2.45, 2.75) is 6.18 Å². The molecule has 0 saturated carbocycles. The third-order valence-corrected chi connectivity index (χ3v) is 4.59. The maximum Gasteiger partial charge on any atom is 0.416 e. The van der Waals surface area contributed by atoms with Crippen molar-refractivity contribution in [1.29, 1.82) is 0 Å². The van der Waals surface area contributed by atoms with Gasteiger partial charge in [0, 0.05) is 11.3 Å². The topological polar surface area (TPSA) is 126 Å². The first kappa shape index (κ1) is 21.7. The van der Waals surface area contributed by atoms with Crippen LogP contribution in [0.1, 0.15) is 15.9 Å². The number of hydrogen-bond acceptors (Lipinski definition) is 4. The zero-order chi connectivity index (χ0) is 23.8. The molecule has 0 spiro atoms. The standard InChI is InChI=1S/C21H13F4N6O2/c22-15-6-3-11(21(23,24)25)7-17(15)30-20(33)28-12-4-1-10(2-5-12)16-8-13(18(26)32)14-9-27-31-19(14)29-16/h1-8H,(H2,26,32)(H,27,29,31)(H2,28,30,33). The molecule has 2 heterocycles. The lowest BCUT2D eigenvalue weighted by molar-refractivity contribution is -0.137. The van der Waals surface area contributed by atoms with E-state index in [2.05, 4.69) is 32.0 Å². The minimum Gasteiger partial charge on any atom is -0.366 e. The molecule has 0 aliphatic carbocycles. The highest BCUT2D eigenvalue weighted by Gasteiger charge is 2.31. The molecule has 5 N–H and O–H groups in total. The average molecular weight is 457 g/mol. The summed E-state index contributed by atoms with van der Waals surface area (Å²) in [4.78, 5) is 28.2. The molecule has 167 valence electrons. The smallest absolute Gasteiger partial charge is 0.366 e. The van der Waals surface area contributed by atoms with Gasteiger partial charge in [-0.15, -0.1) is 0 Å². The minimum atomic E-state index is -4.68. The van der Waals surface area contributed by atoms with E-state index in [1.165, 1.54) is 18.2 Å². The van der Waals surface area contributed by atoms with Gasteiger partial charge in [-0.2, -0.15) is 18.3 Å². The summed E-state index contributed by atoms with van der Waals surface area (Å²) in [6, 6.07) is 8.38. The van der Waals surface area contributed by atoms with Crippen LogP contribution in [0.5, 0.6) is 0 Å². The number of halogens is 4. The van der Waals surface area contributed by atoms with Crippen LogP contribution in [0.2, 0.25) is 0 Å². The summed E-state index contributed by atoms with van der Waals surface area (Å²) in [7, 11) is 0. The van der Waals surface area contributed by atoms with Gasteiger partial charge < -0.3 is 16.4 Å². The van der Waals surface area contributed by atoms with Gasteiger partial charge >= 0.3 is 12.2 Å². The fraction of sp³-hybridized carbons (Fsp3) is 0.0476. The molecule has 3 amide bonds. The van der Waals surface area contributed by atoms with Gasteiger partial charge in [-0.1, -0.05) is 12.1 Å². The monoisotopic (exact) mass is 457 g/mol. The molecule has 0 saturated heterocycles. The molecule has 12 heteroatoms. The number of amides is 3. The van der Waals surface area contributed by atoms with Gasteiger partial charge in [0.05, 0.1) is 27.9 Å². The van der Waals surface area contributed by atoms with E-state index in [1.807, 2.05) is 0 Å². The van der Waals surface area contributed by atoms with Crippen molar-refractivity contribution in [2.75, 3.05) is 10.6 Å². The van der Waals surface area contributed by atoms with E-state index in [0.717, 1.165) is 0 Å². The Kier molecular flexibility index (Phi) is 5.42. The normalized spacial score (nSPS) is 11.4. The summed E-state index contributed by atoms with van der Waals surface area (Å²) < 4.78 is 52.2. The molecule has 33 heavy (non-hydrogen) atoms. The maximum atomic E-state index is 13.8. The van der Waals surface area contributed by atoms with Gasteiger partial charge in [0.1, 0.15) is 12.0 Å². The van der Waals surface area contributed by atoms with E-state index >= 15 is 0 Å². The SMILES string of the molecule is NC(=O)c1cc(-c2ccc(NC(=O)Nc3cc(C(F)(F)F)ccc3F)cc2)nc2[nH]n[c]c12. The number of alkyl halides is 3. The van der Waals surface area contributed by atoms with Gasteiger partial charge in [0.15, 0.2) is 5.65 Å². The molecule has 0 bridgehead atoms. The molecule has 4 rings (SSSR count). The number of rotatable bonds is 4. The van der Waals surface area contributed by atoms with Crippen LogP contribution < -0.4 is 16.4 Å². The number of hydrogen-bond donors (Lipinski definition) is 4. The maximum absolute atomic E-state index is 13.8. The summed E-state index contributed by atoms with van der Waals surface area (Å²) in [5.41, 5.74) is 5.41. The number of nitrogens with one attached hydrogen (secondary N) is 3. The van der Waals surface area contributed by atoms with E-state index in [0.29, 0.717) is 40.5 Å². The molecule has 0 unspecified atom stereocenters. The summed E-state index contributed by atoms with van der Waals surface area (Å²) >= 11 is 0. The molecule has 0 aliphatic rings. The minimum absolute atomic E-state index is 0.174. The van der Waals surface area contributed by atoms with Crippen molar-refractivity contribution < 1.29 is 27.2 Å². The second-order valence-electron chi connectivity index (χ2n) is 6.83. The molecule has 2 aromatic carbocycles. The van der Waals surface area contributed by atoms with Gasteiger partial charge in [-0.05, 0) is 36.4 Å². The Hall–Kier alpha value is -4.48. The molecule has 8 nitrogen and oxygen atoms in total. The number of aromatic nitrogens is 3. The van der Waals surface area contributed by atoms with Gasteiger partial charge in [0.25, 0.3) is 0 Å².